The maximum absolute atomic E-state index is 11.2. The highest BCUT2D eigenvalue weighted by molar-refractivity contribution is 5.73. The molecule has 0 aromatic carbocycles. The van der Waals surface area contributed by atoms with Crippen LogP contribution in [0.4, 0.5) is 0 Å². The molecule has 0 bridgehead atoms. The van der Waals surface area contributed by atoms with Crippen molar-refractivity contribution in [2.45, 2.75) is 68.3 Å². The second-order valence-electron chi connectivity index (χ2n) is 6.26. The molecule has 0 aromatic heterocycles. The van der Waals surface area contributed by atoms with Crippen LogP contribution in [0.2, 0.25) is 0 Å². The van der Waals surface area contributed by atoms with Gasteiger partial charge in [0.2, 0.25) is 5.91 Å². The van der Waals surface area contributed by atoms with Crippen LogP contribution in [-0.2, 0) is 19.0 Å². The molecule has 1 amide bonds. The summed E-state index contributed by atoms with van der Waals surface area (Å²) in [5.74, 6) is -0.547. The molecule has 0 radical (unpaired) electrons. The lowest BCUT2D eigenvalue weighted by atomic mass is 9.96. The summed E-state index contributed by atoms with van der Waals surface area (Å²) in [6, 6.07) is 0. The second kappa shape index (κ2) is 8.84. The standard InChI is InChI=1S/C14H25NO11/c1-4(18)15-13-11(23)12(8(20)6(3-17)24-13)26-14-10(22)9(21)7(19)5(2-16)25-14/h5-14,16-17,19-23H,2-3H2,1H3,(H,15,18)/t5-,6-,7+,8-,9+,10-,11-,12+,13-,14+/m1/s1. The normalized spacial score (nSPS) is 46.8. The molecule has 26 heavy (non-hydrogen) atoms. The highest BCUT2D eigenvalue weighted by atomic mass is 16.7. The van der Waals surface area contributed by atoms with Crippen LogP contribution in [0.3, 0.4) is 0 Å². The third-order valence-electron chi connectivity index (χ3n) is 4.35. The van der Waals surface area contributed by atoms with Gasteiger partial charge in [-0.25, -0.2) is 0 Å². The van der Waals surface area contributed by atoms with E-state index in [9.17, 15) is 40.5 Å². The van der Waals surface area contributed by atoms with Crippen molar-refractivity contribution >= 4 is 5.91 Å². The largest absolute Gasteiger partial charge is 0.394 e. The Balaban J connectivity index is 2.16. The van der Waals surface area contributed by atoms with Crippen LogP contribution in [-0.4, -0.2) is 116 Å². The zero-order chi connectivity index (χ0) is 19.6. The first-order valence-electron chi connectivity index (χ1n) is 8.06. The Morgan fingerprint density at radius 3 is 2.00 bits per heavy atom. The first-order valence-corrected chi connectivity index (χ1v) is 8.06. The number of carbonyl (C=O) groups excluding carboxylic acids is 1. The van der Waals surface area contributed by atoms with Gasteiger partial charge in [0.05, 0.1) is 13.2 Å². The molecule has 0 spiro atoms. The third kappa shape index (κ3) is 4.31. The van der Waals surface area contributed by atoms with E-state index >= 15 is 0 Å². The maximum atomic E-state index is 11.2. The van der Waals surface area contributed by atoms with E-state index in [1.54, 1.807) is 0 Å². The predicted molar refractivity (Wildman–Crippen MR) is 80.2 cm³/mol. The summed E-state index contributed by atoms with van der Waals surface area (Å²) < 4.78 is 15.7. The van der Waals surface area contributed by atoms with E-state index in [1.165, 1.54) is 6.92 Å². The molecule has 12 heteroatoms. The van der Waals surface area contributed by atoms with Gasteiger partial charge in [-0.3, -0.25) is 4.79 Å². The van der Waals surface area contributed by atoms with Crippen molar-refractivity contribution in [2.24, 2.45) is 0 Å². The molecule has 2 rings (SSSR count). The zero-order valence-corrected chi connectivity index (χ0v) is 14.0. The fraction of sp³-hybridized carbons (Fsp3) is 0.929. The van der Waals surface area contributed by atoms with Crippen LogP contribution in [0.25, 0.3) is 0 Å². The van der Waals surface area contributed by atoms with Crippen LogP contribution < -0.4 is 5.32 Å². The van der Waals surface area contributed by atoms with Gasteiger partial charge in [-0.1, -0.05) is 0 Å². The molecule has 152 valence electrons. The Kier molecular flexibility index (Phi) is 7.27. The van der Waals surface area contributed by atoms with Crippen molar-refractivity contribution in [2.75, 3.05) is 13.2 Å². The van der Waals surface area contributed by atoms with Gasteiger partial charge in [-0.05, 0) is 0 Å². The average Bonchev–Trinajstić information content (AvgIpc) is 2.60. The molecular weight excluding hydrogens is 358 g/mol. The zero-order valence-electron chi connectivity index (χ0n) is 14.0. The quantitative estimate of drug-likeness (QED) is 0.226. The van der Waals surface area contributed by atoms with Crippen LogP contribution in [0.15, 0.2) is 0 Å². The predicted octanol–water partition coefficient (Wildman–Crippen LogP) is -5.25. The second-order valence-corrected chi connectivity index (χ2v) is 6.26. The number of carbonyl (C=O) groups is 1. The number of hydrogen-bond donors (Lipinski definition) is 8. The molecular formula is C14H25NO11. The van der Waals surface area contributed by atoms with Gasteiger partial charge >= 0.3 is 0 Å². The van der Waals surface area contributed by atoms with Crippen molar-refractivity contribution in [3.8, 4) is 0 Å². The van der Waals surface area contributed by atoms with Gasteiger partial charge in [-0.15, -0.1) is 0 Å². The van der Waals surface area contributed by atoms with E-state index in [4.69, 9.17) is 14.2 Å². The van der Waals surface area contributed by atoms with E-state index in [0.29, 0.717) is 0 Å². The smallest absolute Gasteiger partial charge is 0.218 e. The summed E-state index contributed by atoms with van der Waals surface area (Å²) in [6.07, 6.45) is -15.1. The number of hydrogen-bond acceptors (Lipinski definition) is 11. The van der Waals surface area contributed by atoms with Gasteiger partial charge in [0.15, 0.2) is 12.5 Å². The van der Waals surface area contributed by atoms with Crippen molar-refractivity contribution in [1.82, 2.24) is 5.32 Å². The first kappa shape index (κ1) is 21.4. The molecule has 8 N–H and O–H groups in total. The van der Waals surface area contributed by atoms with E-state index in [0.717, 1.165) is 0 Å². The van der Waals surface area contributed by atoms with Gasteiger partial charge in [0.1, 0.15) is 48.8 Å². The number of nitrogens with one attached hydrogen (secondary N) is 1. The van der Waals surface area contributed by atoms with Gasteiger partial charge in [-0.2, -0.15) is 0 Å². The molecule has 2 fully saturated rings. The Labute approximate surface area is 148 Å². The van der Waals surface area contributed by atoms with Crippen LogP contribution in [0, 0.1) is 0 Å². The Hall–Kier alpha value is -0.930. The van der Waals surface area contributed by atoms with E-state index in [-0.39, 0.29) is 0 Å². The monoisotopic (exact) mass is 383 g/mol. The number of rotatable bonds is 5. The maximum Gasteiger partial charge on any atom is 0.218 e. The fourth-order valence-electron chi connectivity index (χ4n) is 2.90. The number of ether oxygens (including phenoxy) is 3. The molecule has 0 aromatic rings. The van der Waals surface area contributed by atoms with Gasteiger partial charge < -0.3 is 55.3 Å². The van der Waals surface area contributed by atoms with Gasteiger partial charge in [0.25, 0.3) is 0 Å². The Morgan fingerprint density at radius 1 is 0.885 bits per heavy atom. The lowest BCUT2D eigenvalue weighted by molar-refractivity contribution is -0.342. The van der Waals surface area contributed by atoms with Crippen molar-refractivity contribution < 1.29 is 54.8 Å². The SMILES string of the molecule is CC(=O)N[C@@H]1O[C@H](CO)[C@@H](O)[C@H](O[C@@H]2O[C@H](CO)[C@H](O)[C@H](O)[C@H]2O)[C@H]1O. The Bertz CT molecular complexity index is 478. The Morgan fingerprint density at radius 2 is 1.46 bits per heavy atom. The van der Waals surface area contributed by atoms with Crippen LogP contribution in [0.1, 0.15) is 6.92 Å². The van der Waals surface area contributed by atoms with E-state index in [2.05, 4.69) is 5.32 Å². The van der Waals surface area contributed by atoms with Crippen molar-refractivity contribution in [3.63, 3.8) is 0 Å². The molecule has 10 atom stereocenters. The fourth-order valence-corrected chi connectivity index (χ4v) is 2.90. The highest BCUT2D eigenvalue weighted by Crippen LogP contribution is 2.28. The summed E-state index contributed by atoms with van der Waals surface area (Å²) in [5, 5.41) is 70.9. The third-order valence-corrected chi connectivity index (χ3v) is 4.35. The topological polar surface area (TPSA) is 198 Å². The molecule has 0 saturated carbocycles. The minimum atomic E-state index is -1.75. The minimum absolute atomic E-state index is 0.547. The number of aliphatic hydroxyl groups excluding tert-OH is 7. The summed E-state index contributed by atoms with van der Waals surface area (Å²) in [7, 11) is 0. The van der Waals surface area contributed by atoms with E-state index in [1.807, 2.05) is 0 Å². The van der Waals surface area contributed by atoms with Gasteiger partial charge in [0, 0.05) is 6.92 Å². The molecule has 0 aliphatic carbocycles. The summed E-state index contributed by atoms with van der Waals surface area (Å²) in [5.41, 5.74) is 0. The number of aliphatic hydroxyl groups is 7. The summed E-state index contributed by atoms with van der Waals surface area (Å²) in [4.78, 5) is 11.2. The first-order chi connectivity index (χ1) is 12.2. The summed E-state index contributed by atoms with van der Waals surface area (Å²) >= 11 is 0. The van der Waals surface area contributed by atoms with Crippen molar-refractivity contribution in [1.29, 1.82) is 0 Å². The summed E-state index contributed by atoms with van der Waals surface area (Å²) in [6.45, 7) is -0.168. The average molecular weight is 383 g/mol. The minimum Gasteiger partial charge on any atom is -0.394 e. The molecule has 2 saturated heterocycles. The van der Waals surface area contributed by atoms with Crippen molar-refractivity contribution in [3.05, 3.63) is 0 Å². The highest BCUT2D eigenvalue weighted by Gasteiger charge is 2.50. The van der Waals surface area contributed by atoms with E-state index < -0.39 is 80.5 Å². The molecule has 0 unspecified atom stereocenters. The lowest BCUT2D eigenvalue weighted by Crippen LogP contribution is -2.66. The van der Waals surface area contributed by atoms with Crippen LogP contribution >= 0.6 is 0 Å². The lowest BCUT2D eigenvalue weighted by Gasteiger charge is -2.46. The molecule has 2 aliphatic heterocycles. The van der Waals surface area contributed by atoms with Crippen LogP contribution in [0.5, 0.6) is 0 Å². The molecule has 2 aliphatic rings. The molecule has 2 heterocycles. The molecule has 12 nitrogen and oxygen atoms in total. The number of amides is 1.